The monoisotopic (exact) mass is 555 g/mol. The molecule has 1 amide bonds. The summed E-state index contributed by atoms with van der Waals surface area (Å²) in [7, 11) is 0. The Morgan fingerprint density at radius 3 is 2.91 bits per heavy atom. The van der Waals surface area contributed by atoms with Crippen molar-refractivity contribution in [2.75, 3.05) is 6.54 Å². The lowest BCUT2D eigenvalue weighted by Gasteiger charge is -2.07. The second kappa shape index (κ2) is 10.0. The fourth-order valence-corrected chi connectivity index (χ4v) is 5.05. The van der Waals surface area contributed by atoms with E-state index in [1.807, 2.05) is 47.0 Å². The number of nitrogens with zero attached hydrogens (tertiary/aromatic N) is 4. The number of hydrogen-bond donors (Lipinski definition) is 1. The summed E-state index contributed by atoms with van der Waals surface area (Å²) in [4.78, 5) is 21.5. The first-order chi connectivity index (χ1) is 16.2. The standard InChI is InChI=1S/C25H26IN5O2/c26-20-7-3-6-19(14-20)25(32)27-12-13-31-16-28-21-15-18(9-10-22(21)31)24-29-23(33-30-24)11-8-17-4-1-2-5-17/h3,6-7,9-10,14-17H,1-2,4-5,8,11-13H2,(H,27,32). The lowest BCUT2D eigenvalue weighted by atomic mass is 10.0. The Hall–Kier alpha value is -2.75. The van der Waals surface area contributed by atoms with Crippen molar-refractivity contribution in [2.24, 2.45) is 5.92 Å². The van der Waals surface area contributed by atoms with Gasteiger partial charge in [0.25, 0.3) is 5.91 Å². The number of halogens is 1. The quantitative estimate of drug-likeness (QED) is 0.301. The van der Waals surface area contributed by atoms with Crippen molar-refractivity contribution in [2.45, 2.75) is 45.1 Å². The molecule has 1 aliphatic rings. The molecule has 1 fully saturated rings. The maximum atomic E-state index is 12.4. The van der Waals surface area contributed by atoms with Gasteiger partial charge in [0.1, 0.15) is 0 Å². The third kappa shape index (κ3) is 5.26. The van der Waals surface area contributed by atoms with E-state index < -0.39 is 0 Å². The molecule has 33 heavy (non-hydrogen) atoms. The molecule has 2 aromatic carbocycles. The number of benzene rings is 2. The van der Waals surface area contributed by atoms with Gasteiger partial charge in [0.15, 0.2) is 0 Å². The van der Waals surface area contributed by atoms with Crippen molar-refractivity contribution >= 4 is 39.5 Å². The van der Waals surface area contributed by atoms with Gasteiger partial charge >= 0.3 is 0 Å². The minimum absolute atomic E-state index is 0.0685. The van der Waals surface area contributed by atoms with E-state index in [1.165, 1.54) is 25.7 Å². The van der Waals surface area contributed by atoms with Crippen molar-refractivity contribution in [1.29, 1.82) is 0 Å². The number of aryl methyl sites for hydroxylation is 1. The van der Waals surface area contributed by atoms with Crippen molar-refractivity contribution in [3.63, 3.8) is 0 Å². The Balaban J connectivity index is 1.20. The van der Waals surface area contributed by atoms with Crippen LogP contribution in [0.4, 0.5) is 0 Å². The molecule has 0 aliphatic heterocycles. The number of imidazole rings is 1. The summed E-state index contributed by atoms with van der Waals surface area (Å²) in [6, 6.07) is 13.6. The fourth-order valence-electron chi connectivity index (χ4n) is 4.50. The van der Waals surface area contributed by atoms with Crippen molar-refractivity contribution in [1.82, 2.24) is 25.0 Å². The van der Waals surface area contributed by atoms with Crippen LogP contribution >= 0.6 is 22.6 Å². The number of aromatic nitrogens is 4. The largest absolute Gasteiger partial charge is 0.350 e. The molecule has 0 saturated heterocycles. The van der Waals surface area contributed by atoms with E-state index in [1.54, 1.807) is 6.33 Å². The number of amides is 1. The Morgan fingerprint density at radius 1 is 1.18 bits per heavy atom. The molecule has 2 aromatic heterocycles. The summed E-state index contributed by atoms with van der Waals surface area (Å²) in [5.74, 6) is 2.06. The van der Waals surface area contributed by atoms with Crippen LogP contribution in [0.3, 0.4) is 0 Å². The predicted molar refractivity (Wildman–Crippen MR) is 135 cm³/mol. The molecule has 0 radical (unpaired) electrons. The first kappa shape index (κ1) is 22.1. The van der Waals surface area contributed by atoms with Crippen molar-refractivity contribution in [3.05, 3.63) is 63.8 Å². The van der Waals surface area contributed by atoms with Crippen LogP contribution in [-0.4, -0.2) is 32.1 Å². The topological polar surface area (TPSA) is 85.8 Å². The zero-order valence-corrected chi connectivity index (χ0v) is 20.5. The molecular weight excluding hydrogens is 529 g/mol. The SMILES string of the molecule is O=C(NCCn1cnc2cc(-c3noc(CCC4CCCC4)n3)ccc21)c1cccc(I)c1. The molecule has 170 valence electrons. The van der Waals surface area contributed by atoms with Crippen LogP contribution in [0.2, 0.25) is 0 Å². The number of nitrogens with one attached hydrogen (secondary N) is 1. The fraction of sp³-hybridized carbons (Fsp3) is 0.360. The third-order valence-corrected chi connectivity index (χ3v) is 6.98. The molecule has 8 heteroatoms. The maximum absolute atomic E-state index is 12.4. The average Bonchev–Trinajstić information content (AvgIpc) is 3.58. The van der Waals surface area contributed by atoms with Gasteiger partial charge in [-0.15, -0.1) is 0 Å². The normalized spacial score (nSPS) is 14.2. The molecule has 1 N–H and O–H groups in total. The van der Waals surface area contributed by atoms with Crippen LogP contribution in [0.25, 0.3) is 22.4 Å². The predicted octanol–water partition coefficient (Wildman–Crippen LogP) is 5.24. The van der Waals surface area contributed by atoms with Gasteiger partial charge in [0.05, 0.1) is 17.4 Å². The highest BCUT2D eigenvalue weighted by molar-refractivity contribution is 14.1. The van der Waals surface area contributed by atoms with Gasteiger partial charge in [-0.3, -0.25) is 4.79 Å². The highest BCUT2D eigenvalue weighted by Gasteiger charge is 2.17. The molecule has 1 saturated carbocycles. The van der Waals surface area contributed by atoms with Gasteiger partial charge in [0, 0.05) is 34.2 Å². The second-order valence-electron chi connectivity index (χ2n) is 8.61. The summed E-state index contributed by atoms with van der Waals surface area (Å²) in [5, 5.41) is 7.16. The molecule has 7 nitrogen and oxygen atoms in total. The van der Waals surface area contributed by atoms with Crippen molar-refractivity contribution in [3.8, 4) is 11.4 Å². The molecule has 0 atom stereocenters. The molecule has 5 rings (SSSR count). The average molecular weight is 555 g/mol. The highest BCUT2D eigenvalue weighted by Crippen LogP contribution is 2.29. The highest BCUT2D eigenvalue weighted by atomic mass is 127. The van der Waals surface area contributed by atoms with E-state index in [9.17, 15) is 4.79 Å². The number of rotatable bonds is 8. The van der Waals surface area contributed by atoms with Gasteiger partial charge in [-0.1, -0.05) is 36.9 Å². The van der Waals surface area contributed by atoms with E-state index in [-0.39, 0.29) is 5.91 Å². The smallest absolute Gasteiger partial charge is 0.251 e. The number of hydrogen-bond acceptors (Lipinski definition) is 5. The first-order valence-corrected chi connectivity index (χ1v) is 12.6. The number of carbonyl (C=O) groups excluding carboxylic acids is 1. The summed E-state index contributed by atoms with van der Waals surface area (Å²) < 4.78 is 8.57. The Kier molecular flexibility index (Phi) is 6.70. The van der Waals surface area contributed by atoms with Gasteiger partial charge in [-0.2, -0.15) is 4.98 Å². The molecule has 0 unspecified atom stereocenters. The van der Waals surface area contributed by atoms with Crippen LogP contribution in [0.1, 0.15) is 48.4 Å². The molecule has 2 heterocycles. The summed E-state index contributed by atoms with van der Waals surface area (Å²) in [5.41, 5.74) is 3.45. The minimum atomic E-state index is -0.0685. The summed E-state index contributed by atoms with van der Waals surface area (Å²) >= 11 is 2.21. The van der Waals surface area contributed by atoms with Gasteiger partial charge in [0.2, 0.25) is 11.7 Å². The molecule has 0 bridgehead atoms. The van der Waals surface area contributed by atoms with Gasteiger partial charge in [-0.25, -0.2) is 4.98 Å². The number of carbonyl (C=O) groups is 1. The van der Waals surface area contributed by atoms with Crippen LogP contribution in [0.5, 0.6) is 0 Å². The Bertz CT molecular complexity index is 1260. The first-order valence-electron chi connectivity index (χ1n) is 11.5. The second-order valence-corrected chi connectivity index (χ2v) is 9.85. The molecule has 1 aliphatic carbocycles. The third-order valence-electron chi connectivity index (χ3n) is 6.31. The van der Waals surface area contributed by atoms with E-state index in [0.29, 0.717) is 30.4 Å². The van der Waals surface area contributed by atoms with E-state index in [2.05, 4.69) is 43.0 Å². The molecule has 4 aromatic rings. The zero-order chi connectivity index (χ0) is 22.6. The number of fused-ring (bicyclic) bond motifs is 1. The van der Waals surface area contributed by atoms with Gasteiger partial charge < -0.3 is 14.4 Å². The molecule has 0 spiro atoms. The Labute approximate surface area is 206 Å². The van der Waals surface area contributed by atoms with Crippen molar-refractivity contribution < 1.29 is 9.32 Å². The molecular formula is C25H26IN5O2. The van der Waals surface area contributed by atoms with Gasteiger partial charge in [-0.05, 0) is 71.3 Å². The summed E-state index contributed by atoms with van der Waals surface area (Å²) in [6.45, 7) is 1.16. The Morgan fingerprint density at radius 2 is 2.06 bits per heavy atom. The van der Waals surface area contributed by atoms with E-state index in [0.717, 1.165) is 38.9 Å². The lowest BCUT2D eigenvalue weighted by molar-refractivity contribution is 0.0952. The minimum Gasteiger partial charge on any atom is -0.350 e. The van der Waals surface area contributed by atoms with Crippen LogP contribution in [-0.2, 0) is 13.0 Å². The van der Waals surface area contributed by atoms with Crippen LogP contribution < -0.4 is 5.32 Å². The van der Waals surface area contributed by atoms with Crippen LogP contribution in [0, 0.1) is 9.49 Å². The van der Waals surface area contributed by atoms with E-state index >= 15 is 0 Å². The zero-order valence-electron chi connectivity index (χ0n) is 18.3. The maximum Gasteiger partial charge on any atom is 0.251 e. The van der Waals surface area contributed by atoms with Crippen LogP contribution in [0.15, 0.2) is 53.3 Å². The summed E-state index contributed by atoms with van der Waals surface area (Å²) in [6.07, 6.45) is 9.14. The lowest BCUT2D eigenvalue weighted by Crippen LogP contribution is -2.27. The van der Waals surface area contributed by atoms with E-state index in [4.69, 9.17) is 4.52 Å².